The molecule has 0 bridgehead atoms. The summed E-state index contributed by atoms with van der Waals surface area (Å²) in [7, 11) is 0. The van der Waals surface area contributed by atoms with Gasteiger partial charge in [0.2, 0.25) is 0 Å². The predicted octanol–water partition coefficient (Wildman–Crippen LogP) is 2.52. The van der Waals surface area contributed by atoms with Crippen LogP contribution in [-0.2, 0) is 0 Å². The molecule has 18 heavy (non-hydrogen) atoms. The fourth-order valence-corrected chi connectivity index (χ4v) is 2.31. The van der Waals surface area contributed by atoms with Crippen molar-refractivity contribution in [2.24, 2.45) is 0 Å². The molecule has 5 heteroatoms. The Morgan fingerprint density at radius 1 is 1.50 bits per heavy atom. The first-order chi connectivity index (χ1) is 8.58. The van der Waals surface area contributed by atoms with Gasteiger partial charge in [-0.1, -0.05) is 6.07 Å². The molecule has 0 aliphatic heterocycles. The highest BCUT2D eigenvalue weighted by Gasteiger charge is 2.14. The molecule has 1 atom stereocenters. The Kier molecular flexibility index (Phi) is 3.62. The van der Waals surface area contributed by atoms with Crippen molar-refractivity contribution in [1.29, 1.82) is 0 Å². The lowest BCUT2D eigenvalue weighted by molar-refractivity contribution is 0.0939. The van der Waals surface area contributed by atoms with Crippen LogP contribution in [0.3, 0.4) is 0 Å². The minimum absolute atomic E-state index is 0.0988. The lowest BCUT2D eigenvalue weighted by Gasteiger charge is -2.13. The maximum absolute atomic E-state index is 12.1. The third-order valence-electron chi connectivity index (χ3n) is 2.68. The Labute approximate surface area is 110 Å². The molecule has 0 saturated heterocycles. The summed E-state index contributed by atoms with van der Waals surface area (Å²) in [6.45, 7) is 3.81. The van der Waals surface area contributed by atoms with Gasteiger partial charge in [-0.2, -0.15) is 0 Å². The summed E-state index contributed by atoms with van der Waals surface area (Å²) in [5, 5.41) is 5.71. The SMILES string of the molecule is Cc1ccc(N)cc1C(=O)NC(C)c1nccs1. The van der Waals surface area contributed by atoms with Gasteiger partial charge in [0.25, 0.3) is 5.91 Å². The third kappa shape index (κ3) is 2.68. The normalized spacial score (nSPS) is 12.1. The van der Waals surface area contributed by atoms with Gasteiger partial charge in [0.05, 0.1) is 6.04 Å². The van der Waals surface area contributed by atoms with E-state index in [4.69, 9.17) is 5.73 Å². The zero-order chi connectivity index (χ0) is 13.1. The van der Waals surface area contributed by atoms with E-state index in [1.54, 1.807) is 18.3 Å². The molecule has 1 aromatic heterocycles. The highest BCUT2D eigenvalue weighted by Crippen LogP contribution is 2.17. The highest BCUT2D eigenvalue weighted by molar-refractivity contribution is 7.09. The number of hydrogen-bond donors (Lipinski definition) is 2. The molecule has 0 radical (unpaired) electrons. The number of anilines is 1. The molecule has 3 N–H and O–H groups in total. The fourth-order valence-electron chi connectivity index (χ4n) is 1.67. The summed E-state index contributed by atoms with van der Waals surface area (Å²) in [5.41, 5.74) is 7.81. The molecule has 0 fully saturated rings. The van der Waals surface area contributed by atoms with Crippen LogP contribution in [0.25, 0.3) is 0 Å². The molecular formula is C13H15N3OS. The number of nitrogens with one attached hydrogen (secondary N) is 1. The number of aryl methyl sites for hydroxylation is 1. The second-order valence-electron chi connectivity index (χ2n) is 4.14. The van der Waals surface area contributed by atoms with Crippen LogP contribution in [-0.4, -0.2) is 10.9 Å². The number of thiazole rings is 1. The van der Waals surface area contributed by atoms with Crippen molar-refractivity contribution in [3.63, 3.8) is 0 Å². The van der Waals surface area contributed by atoms with Crippen molar-refractivity contribution in [1.82, 2.24) is 10.3 Å². The lowest BCUT2D eigenvalue weighted by atomic mass is 10.1. The standard InChI is InChI=1S/C13H15N3OS/c1-8-3-4-10(14)7-11(8)12(17)16-9(2)13-15-5-6-18-13/h3-7,9H,14H2,1-2H3,(H,16,17). The predicted molar refractivity (Wildman–Crippen MR) is 73.6 cm³/mol. The maximum atomic E-state index is 12.1. The quantitative estimate of drug-likeness (QED) is 0.834. The first kappa shape index (κ1) is 12.6. The molecule has 0 spiro atoms. The van der Waals surface area contributed by atoms with Crippen molar-refractivity contribution in [2.75, 3.05) is 5.73 Å². The van der Waals surface area contributed by atoms with Crippen LogP contribution < -0.4 is 11.1 Å². The number of carbonyl (C=O) groups excluding carboxylic acids is 1. The molecule has 0 aliphatic rings. The Balaban J connectivity index is 2.15. The van der Waals surface area contributed by atoms with Crippen LogP contribution in [0.15, 0.2) is 29.8 Å². The summed E-state index contributed by atoms with van der Waals surface area (Å²) in [5.74, 6) is -0.123. The topological polar surface area (TPSA) is 68.0 Å². The minimum atomic E-state index is -0.123. The molecule has 1 heterocycles. The number of rotatable bonds is 3. The number of aromatic nitrogens is 1. The number of benzene rings is 1. The summed E-state index contributed by atoms with van der Waals surface area (Å²) in [6.07, 6.45) is 1.73. The second-order valence-corrected chi connectivity index (χ2v) is 5.07. The first-order valence-corrected chi connectivity index (χ1v) is 6.52. The van der Waals surface area contributed by atoms with Crippen molar-refractivity contribution < 1.29 is 4.79 Å². The van der Waals surface area contributed by atoms with Crippen LogP contribution in [0.1, 0.15) is 33.9 Å². The average Bonchev–Trinajstić information content (AvgIpc) is 2.85. The number of hydrogen-bond acceptors (Lipinski definition) is 4. The number of nitrogens with zero attached hydrogens (tertiary/aromatic N) is 1. The van der Waals surface area contributed by atoms with Crippen LogP contribution in [0.5, 0.6) is 0 Å². The minimum Gasteiger partial charge on any atom is -0.399 e. The van der Waals surface area contributed by atoms with Crippen LogP contribution in [0.2, 0.25) is 0 Å². The van der Waals surface area contributed by atoms with Gasteiger partial charge in [-0.05, 0) is 31.5 Å². The van der Waals surface area contributed by atoms with Gasteiger partial charge in [0, 0.05) is 22.8 Å². The average molecular weight is 261 g/mol. The van der Waals surface area contributed by atoms with E-state index >= 15 is 0 Å². The maximum Gasteiger partial charge on any atom is 0.252 e. The van der Waals surface area contributed by atoms with Gasteiger partial charge < -0.3 is 11.1 Å². The molecule has 1 aromatic carbocycles. The van der Waals surface area contributed by atoms with Crippen LogP contribution >= 0.6 is 11.3 Å². The highest BCUT2D eigenvalue weighted by atomic mass is 32.1. The van der Waals surface area contributed by atoms with E-state index in [1.165, 1.54) is 11.3 Å². The number of nitrogen functional groups attached to an aromatic ring is 1. The van der Waals surface area contributed by atoms with Gasteiger partial charge in [-0.3, -0.25) is 4.79 Å². The van der Waals surface area contributed by atoms with Crippen molar-refractivity contribution >= 4 is 22.9 Å². The van der Waals surface area contributed by atoms with E-state index in [0.29, 0.717) is 11.3 Å². The zero-order valence-electron chi connectivity index (χ0n) is 10.3. The summed E-state index contributed by atoms with van der Waals surface area (Å²) >= 11 is 1.53. The van der Waals surface area contributed by atoms with E-state index in [1.807, 2.05) is 25.3 Å². The monoisotopic (exact) mass is 261 g/mol. The van der Waals surface area contributed by atoms with E-state index in [9.17, 15) is 4.79 Å². The zero-order valence-corrected chi connectivity index (χ0v) is 11.1. The van der Waals surface area contributed by atoms with Gasteiger partial charge in [-0.25, -0.2) is 4.98 Å². The Bertz CT molecular complexity index is 551. The molecule has 2 aromatic rings. The lowest BCUT2D eigenvalue weighted by Crippen LogP contribution is -2.27. The van der Waals surface area contributed by atoms with Gasteiger partial charge in [-0.15, -0.1) is 11.3 Å². The number of carbonyl (C=O) groups is 1. The van der Waals surface area contributed by atoms with Crippen LogP contribution in [0, 0.1) is 6.92 Å². The fraction of sp³-hybridized carbons (Fsp3) is 0.231. The van der Waals surface area contributed by atoms with Gasteiger partial charge >= 0.3 is 0 Å². The Morgan fingerprint density at radius 2 is 2.28 bits per heavy atom. The Hall–Kier alpha value is -1.88. The van der Waals surface area contributed by atoms with E-state index < -0.39 is 0 Å². The van der Waals surface area contributed by atoms with E-state index in [0.717, 1.165) is 10.6 Å². The first-order valence-electron chi connectivity index (χ1n) is 5.64. The molecule has 1 unspecified atom stereocenters. The number of nitrogens with two attached hydrogens (primary N) is 1. The summed E-state index contributed by atoms with van der Waals surface area (Å²) < 4.78 is 0. The molecule has 2 rings (SSSR count). The number of amides is 1. The second kappa shape index (κ2) is 5.18. The van der Waals surface area contributed by atoms with Crippen molar-refractivity contribution in [3.05, 3.63) is 45.9 Å². The molecular weight excluding hydrogens is 246 g/mol. The third-order valence-corrected chi connectivity index (χ3v) is 3.63. The van der Waals surface area contributed by atoms with Crippen molar-refractivity contribution in [3.8, 4) is 0 Å². The summed E-state index contributed by atoms with van der Waals surface area (Å²) in [6, 6.07) is 5.23. The van der Waals surface area contributed by atoms with E-state index in [-0.39, 0.29) is 11.9 Å². The smallest absolute Gasteiger partial charge is 0.252 e. The largest absolute Gasteiger partial charge is 0.399 e. The molecule has 4 nitrogen and oxygen atoms in total. The van der Waals surface area contributed by atoms with Gasteiger partial charge in [0.15, 0.2) is 0 Å². The molecule has 1 amide bonds. The molecule has 0 aliphatic carbocycles. The summed E-state index contributed by atoms with van der Waals surface area (Å²) in [4.78, 5) is 16.3. The van der Waals surface area contributed by atoms with Gasteiger partial charge in [0.1, 0.15) is 5.01 Å². The molecule has 0 saturated carbocycles. The van der Waals surface area contributed by atoms with E-state index in [2.05, 4.69) is 10.3 Å². The van der Waals surface area contributed by atoms with Crippen molar-refractivity contribution in [2.45, 2.75) is 19.9 Å². The molecule has 94 valence electrons. The Morgan fingerprint density at radius 3 is 2.94 bits per heavy atom. The van der Waals surface area contributed by atoms with Crippen LogP contribution in [0.4, 0.5) is 5.69 Å².